The Morgan fingerprint density at radius 2 is 2.05 bits per heavy atom. The summed E-state index contributed by atoms with van der Waals surface area (Å²) >= 11 is 0. The van der Waals surface area contributed by atoms with E-state index in [9.17, 15) is 15.3 Å². The van der Waals surface area contributed by atoms with E-state index in [0.717, 1.165) is 0 Å². The number of allylic oxidation sites excluding steroid dienone is 1. The van der Waals surface area contributed by atoms with Crippen molar-refractivity contribution in [1.82, 2.24) is 0 Å². The average molecular weight is 271 g/mol. The molecule has 0 aromatic heterocycles. The van der Waals surface area contributed by atoms with E-state index in [-0.39, 0.29) is 0 Å². The summed E-state index contributed by atoms with van der Waals surface area (Å²) in [7, 11) is 0. The number of hydrogen-bond donors (Lipinski definition) is 4. The molecule has 2 rings (SSSR count). The standard InChI is InChI=1S/C12H17NO6/c13-6-12(3-1-2-4-12)19-11-10(17)9(16)8(15)7(5-14)18-11/h1,3,7-11,14-17H,2,4-5H2/t7-,8-,9+,10-,11+,12-/m1/s1. The molecule has 0 bridgehead atoms. The predicted molar refractivity (Wildman–Crippen MR) is 61.6 cm³/mol. The second-order valence-electron chi connectivity index (χ2n) is 4.76. The van der Waals surface area contributed by atoms with Gasteiger partial charge in [-0.3, -0.25) is 0 Å². The maximum atomic E-state index is 9.82. The molecule has 7 heteroatoms. The van der Waals surface area contributed by atoms with E-state index >= 15 is 0 Å². The summed E-state index contributed by atoms with van der Waals surface area (Å²) in [6.07, 6.45) is -2.28. The van der Waals surface area contributed by atoms with E-state index in [1.165, 1.54) is 0 Å². The lowest BCUT2D eigenvalue weighted by Crippen LogP contribution is -2.60. The molecular weight excluding hydrogens is 254 g/mol. The van der Waals surface area contributed by atoms with Crippen LogP contribution in [-0.2, 0) is 9.47 Å². The lowest BCUT2D eigenvalue weighted by Gasteiger charge is -2.41. The highest BCUT2D eigenvalue weighted by atomic mass is 16.7. The summed E-state index contributed by atoms with van der Waals surface area (Å²) in [5.41, 5.74) is -1.20. The fourth-order valence-electron chi connectivity index (χ4n) is 2.24. The van der Waals surface area contributed by atoms with Gasteiger partial charge in [-0.1, -0.05) is 6.08 Å². The van der Waals surface area contributed by atoms with Crippen molar-refractivity contribution in [3.8, 4) is 6.07 Å². The monoisotopic (exact) mass is 271 g/mol. The molecule has 7 nitrogen and oxygen atoms in total. The molecule has 0 aromatic rings. The summed E-state index contributed by atoms with van der Waals surface area (Å²) in [5, 5.41) is 47.3. The van der Waals surface area contributed by atoms with Crippen LogP contribution in [0.4, 0.5) is 0 Å². The number of nitriles is 1. The van der Waals surface area contributed by atoms with Gasteiger partial charge < -0.3 is 29.9 Å². The van der Waals surface area contributed by atoms with E-state index in [1.807, 2.05) is 6.07 Å². The fraction of sp³-hybridized carbons (Fsp3) is 0.750. The lowest BCUT2D eigenvalue weighted by atomic mass is 9.98. The van der Waals surface area contributed by atoms with Crippen LogP contribution >= 0.6 is 0 Å². The van der Waals surface area contributed by atoms with Crippen LogP contribution in [0.3, 0.4) is 0 Å². The van der Waals surface area contributed by atoms with E-state index in [2.05, 4.69) is 0 Å². The molecule has 0 saturated carbocycles. The van der Waals surface area contributed by atoms with Gasteiger partial charge in [0.15, 0.2) is 11.9 Å². The zero-order valence-corrected chi connectivity index (χ0v) is 10.2. The molecule has 1 saturated heterocycles. The maximum Gasteiger partial charge on any atom is 0.189 e. The van der Waals surface area contributed by atoms with E-state index in [1.54, 1.807) is 12.2 Å². The van der Waals surface area contributed by atoms with Crippen LogP contribution in [0.15, 0.2) is 12.2 Å². The first-order chi connectivity index (χ1) is 9.03. The Balaban J connectivity index is 2.11. The van der Waals surface area contributed by atoms with E-state index in [0.29, 0.717) is 12.8 Å². The molecule has 106 valence electrons. The van der Waals surface area contributed by atoms with Crippen LogP contribution in [0.25, 0.3) is 0 Å². The maximum absolute atomic E-state index is 9.82. The van der Waals surface area contributed by atoms with Gasteiger partial charge in [-0.2, -0.15) is 5.26 Å². The summed E-state index contributed by atoms with van der Waals surface area (Å²) in [5.74, 6) is 0. The molecule has 0 spiro atoms. The molecule has 1 aliphatic carbocycles. The van der Waals surface area contributed by atoms with Crippen LogP contribution in [-0.4, -0.2) is 63.3 Å². The van der Waals surface area contributed by atoms with Crippen molar-refractivity contribution in [3.63, 3.8) is 0 Å². The molecule has 4 N–H and O–H groups in total. The molecule has 0 aromatic carbocycles. The Hall–Kier alpha value is -1.01. The summed E-state index contributed by atoms with van der Waals surface area (Å²) in [6, 6.07) is 2.00. The minimum absolute atomic E-state index is 0.429. The third kappa shape index (κ3) is 2.65. The second-order valence-corrected chi connectivity index (χ2v) is 4.76. The van der Waals surface area contributed by atoms with Crippen LogP contribution in [0.1, 0.15) is 12.8 Å². The van der Waals surface area contributed by atoms with Crippen molar-refractivity contribution in [1.29, 1.82) is 5.26 Å². The van der Waals surface area contributed by atoms with Gasteiger partial charge in [-0.25, -0.2) is 0 Å². The summed E-state index contributed by atoms with van der Waals surface area (Å²) in [6.45, 7) is -0.528. The molecule has 1 fully saturated rings. The number of ether oxygens (including phenoxy) is 2. The Morgan fingerprint density at radius 3 is 2.58 bits per heavy atom. The van der Waals surface area contributed by atoms with Crippen LogP contribution < -0.4 is 0 Å². The normalized spacial score (nSPS) is 46.2. The Kier molecular flexibility index (Phi) is 4.20. The van der Waals surface area contributed by atoms with Gasteiger partial charge in [-0.05, 0) is 18.9 Å². The number of aliphatic hydroxyl groups is 4. The zero-order valence-electron chi connectivity index (χ0n) is 10.2. The third-order valence-corrected chi connectivity index (χ3v) is 3.43. The minimum Gasteiger partial charge on any atom is -0.394 e. The van der Waals surface area contributed by atoms with Gasteiger partial charge in [0.05, 0.1) is 6.61 Å². The van der Waals surface area contributed by atoms with Crippen molar-refractivity contribution in [2.45, 2.75) is 49.1 Å². The quantitative estimate of drug-likeness (QED) is 0.456. The first-order valence-corrected chi connectivity index (χ1v) is 6.10. The van der Waals surface area contributed by atoms with Crippen molar-refractivity contribution < 1.29 is 29.9 Å². The van der Waals surface area contributed by atoms with Crippen molar-refractivity contribution >= 4 is 0 Å². The smallest absolute Gasteiger partial charge is 0.189 e. The van der Waals surface area contributed by atoms with E-state index in [4.69, 9.17) is 19.8 Å². The Morgan fingerprint density at radius 1 is 1.32 bits per heavy atom. The van der Waals surface area contributed by atoms with Gasteiger partial charge in [-0.15, -0.1) is 0 Å². The van der Waals surface area contributed by atoms with E-state index < -0.39 is 42.9 Å². The first-order valence-electron chi connectivity index (χ1n) is 6.10. The Labute approximate surface area is 110 Å². The van der Waals surface area contributed by atoms with Crippen LogP contribution in [0.2, 0.25) is 0 Å². The molecule has 19 heavy (non-hydrogen) atoms. The van der Waals surface area contributed by atoms with Crippen LogP contribution in [0.5, 0.6) is 0 Å². The number of rotatable bonds is 3. The second kappa shape index (κ2) is 5.54. The molecular formula is C12H17NO6. The zero-order chi connectivity index (χ0) is 14.0. The SMILES string of the molecule is N#C[C@@]1(O[C@@H]2O[C@H](CO)[C@@H](O)[C@H](O)[C@H]2O)C=CCC1. The third-order valence-electron chi connectivity index (χ3n) is 3.43. The van der Waals surface area contributed by atoms with Crippen LogP contribution in [0, 0.1) is 11.3 Å². The largest absolute Gasteiger partial charge is 0.394 e. The topological polar surface area (TPSA) is 123 Å². The molecule has 0 amide bonds. The highest BCUT2D eigenvalue weighted by Gasteiger charge is 2.47. The summed E-state index contributed by atoms with van der Waals surface area (Å²) in [4.78, 5) is 0. The Bertz CT molecular complexity index is 392. The van der Waals surface area contributed by atoms with Crippen molar-refractivity contribution in [3.05, 3.63) is 12.2 Å². The predicted octanol–water partition coefficient (Wildman–Crippen LogP) is -1.58. The molecule has 6 atom stereocenters. The van der Waals surface area contributed by atoms with Gasteiger partial charge >= 0.3 is 0 Å². The van der Waals surface area contributed by atoms with Crippen molar-refractivity contribution in [2.24, 2.45) is 0 Å². The average Bonchev–Trinajstić information content (AvgIpc) is 2.89. The summed E-state index contributed by atoms with van der Waals surface area (Å²) < 4.78 is 10.7. The molecule has 2 aliphatic rings. The number of hydrogen-bond acceptors (Lipinski definition) is 7. The molecule has 1 heterocycles. The fourth-order valence-corrected chi connectivity index (χ4v) is 2.24. The number of aliphatic hydroxyl groups excluding tert-OH is 4. The van der Waals surface area contributed by atoms with Gasteiger partial charge in [0.2, 0.25) is 0 Å². The first kappa shape index (κ1) is 14.4. The molecule has 0 unspecified atom stereocenters. The molecule has 1 aliphatic heterocycles. The van der Waals surface area contributed by atoms with Gasteiger partial charge in [0.25, 0.3) is 0 Å². The lowest BCUT2D eigenvalue weighted by molar-refractivity contribution is -0.315. The highest BCUT2D eigenvalue weighted by Crippen LogP contribution is 2.31. The highest BCUT2D eigenvalue weighted by molar-refractivity contribution is 5.21. The number of nitrogens with zero attached hydrogens (tertiary/aromatic N) is 1. The molecule has 0 radical (unpaired) electrons. The van der Waals surface area contributed by atoms with Crippen molar-refractivity contribution in [2.75, 3.05) is 6.61 Å². The minimum atomic E-state index is -1.50. The van der Waals surface area contributed by atoms with Gasteiger partial charge in [0, 0.05) is 0 Å². The van der Waals surface area contributed by atoms with Gasteiger partial charge in [0.1, 0.15) is 30.5 Å².